The SMILES string of the molecule is COCCN(CCCCc1ccc2c(n1)N(C(=O)OC(C)(C)C)CC(C)C2)Cc1ccccc1. The molecule has 2 aromatic rings. The highest BCUT2D eigenvalue weighted by atomic mass is 16.6. The maximum Gasteiger partial charge on any atom is 0.416 e. The third-order valence-electron chi connectivity index (χ3n) is 5.96. The minimum absolute atomic E-state index is 0.306. The van der Waals surface area contributed by atoms with Crippen LogP contribution in [0.3, 0.4) is 0 Å². The molecule has 0 aliphatic carbocycles. The number of rotatable bonds is 10. The lowest BCUT2D eigenvalue weighted by Crippen LogP contribution is -2.43. The monoisotopic (exact) mass is 467 g/mol. The van der Waals surface area contributed by atoms with Gasteiger partial charge in [-0.1, -0.05) is 43.3 Å². The second-order valence-corrected chi connectivity index (χ2v) is 10.4. The van der Waals surface area contributed by atoms with Crippen LogP contribution in [0, 0.1) is 5.92 Å². The van der Waals surface area contributed by atoms with E-state index in [4.69, 9.17) is 14.5 Å². The molecule has 0 bridgehead atoms. The van der Waals surface area contributed by atoms with Crippen molar-refractivity contribution in [2.75, 3.05) is 38.3 Å². The van der Waals surface area contributed by atoms with Gasteiger partial charge in [0.1, 0.15) is 11.4 Å². The molecule has 2 heterocycles. The quantitative estimate of drug-likeness (QED) is 0.433. The highest BCUT2D eigenvalue weighted by Crippen LogP contribution is 2.30. The van der Waals surface area contributed by atoms with E-state index in [-0.39, 0.29) is 6.09 Å². The number of methoxy groups -OCH3 is 1. The molecule has 0 saturated carbocycles. The van der Waals surface area contributed by atoms with Gasteiger partial charge in [0.05, 0.1) is 6.61 Å². The number of carbonyl (C=O) groups is 1. The lowest BCUT2D eigenvalue weighted by Gasteiger charge is -2.33. The van der Waals surface area contributed by atoms with Crippen molar-refractivity contribution in [2.24, 2.45) is 5.92 Å². The topological polar surface area (TPSA) is 54.9 Å². The van der Waals surface area contributed by atoms with Crippen LogP contribution in [0.4, 0.5) is 10.6 Å². The number of aromatic nitrogens is 1. The van der Waals surface area contributed by atoms with Crippen LogP contribution in [-0.2, 0) is 28.9 Å². The third-order valence-corrected chi connectivity index (χ3v) is 5.96. The Morgan fingerprint density at radius 1 is 1.12 bits per heavy atom. The number of hydrogen-bond acceptors (Lipinski definition) is 5. The van der Waals surface area contributed by atoms with E-state index in [0.29, 0.717) is 12.5 Å². The molecule has 0 radical (unpaired) electrons. The molecule has 1 aromatic heterocycles. The van der Waals surface area contributed by atoms with Crippen molar-refractivity contribution in [1.29, 1.82) is 0 Å². The van der Waals surface area contributed by atoms with E-state index < -0.39 is 5.60 Å². The third kappa shape index (κ3) is 8.10. The van der Waals surface area contributed by atoms with Crippen LogP contribution < -0.4 is 4.90 Å². The van der Waals surface area contributed by atoms with Crippen LogP contribution in [-0.4, -0.2) is 54.9 Å². The van der Waals surface area contributed by atoms with Crippen molar-refractivity contribution < 1.29 is 14.3 Å². The van der Waals surface area contributed by atoms with Gasteiger partial charge in [0.2, 0.25) is 0 Å². The van der Waals surface area contributed by atoms with Gasteiger partial charge in [-0.15, -0.1) is 0 Å². The summed E-state index contributed by atoms with van der Waals surface area (Å²) in [7, 11) is 1.75. The Balaban J connectivity index is 1.58. The Morgan fingerprint density at radius 3 is 2.59 bits per heavy atom. The summed E-state index contributed by atoms with van der Waals surface area (Å²) < 4.78 is 11.0. The number of hydrogen-bond donors (Lipinski definition) is 0. The molecule has 1 aromatic carbocycles. The van der Waals surface area contributed by atoms with Crippen LogP contribution in [0.2, 0.25) is 0 Å². The molecule has 34 heavy (non-hydrogen) atoms. The smallest absolute Gasteiger partial charge is 0.416 e. The van der Waals surface area contributed by atoms with Gasteiger partial charge in [-0.05, 0) is 76.1 Å². The summed E-state index contributed by atoms with van der Waals surface area (Å²) in [5, 5.41) is 0. The van der Waals surface area contributed by atoms with Gasteiger partial charge in [-0.2, -0.15) is 0 Å². The Hall–Kier alpha value is -2.44. The fraction of sp³-hybridized carbons (Fsp3) is 0.571. The minimum Gasteiger partial charge on any atom is -0.443 e. The van der Waals surface area contributed by atoms with E-state index in [0.717, 1.165) is 69.0 Å². The van der Waals surface area contributed by atoms with Crippen LogP contribution in [0.25, 0.3) is 0 Å². The van der Waals surface area contributed by atoms with Crippen molar-refractivity contribution in [3.8, 4) is 0 Å². The molecule has 1 aliphatic heterocycles. The maximum atomic E-state index is 12.9. The number of nitrogens with zero attached hydrogens (tertiary/aromatic N) is 3. The first-order chi connectivity index (χ1) is 16.2. The Bertz CT molecular complexity index is 911. The van der Waals surface area contributed by atoms with Gasteiger partial charge < -0.3 is 9.47 Å². The van der Waals surface area contributed by atoms with E-state index in [2.05, 4.69) is 54.3 Å². The Labute approximate surface area is 205 Å². The summed E-state index contributed by atoms with van der Waals surface area (Å²) in [6.45, 7) is 12.1. The fourth-order valence-electron chi connectivity index (χ4n) is 4.34. The van der Waals surface area contributed by atoms with Crippen molar-refractivity contribution in [2.45, 2.75) is 65.5 Å². The number of aryl methyl sites for hydroxylation is 1. The highest BCUT2D eigenvalue weighted by molar-refractivity contribution is 5.88. The van der Waals surface area contributed by atoms with Gasteiger partial charge in [0.15, 0.2) is 0 Å². The number of ether oxygens (including phenoxy) is 2. The normalized spacial score (nSPS) is 15.9. The number of anilines is 1. The van der Waals surface area contributed by atoms with Crippen LogP contribution in [0.15, 0.2) is 42.5 Å². The molecule has 6 nitrogen and oxygen atoms in total. The first-order valence-electron chi connectivity index (χ1n) is 12.5. The molecule has 0 fully saturated rings. The number of fused-ring (bicyclic) bond motifs is 1. The number of carbonyl (C=O) groups excluding carboxylic acids is 1. The summed E-state index contributed by atoms with van der Waals surface area (Å²) in [4.78, 5) is 21.9. The zero-order chi connectivity index (χ0) is 24.6. The van der Waals surface area contributed by atoms with E-state index in [1.807, 2.05) is 20.8 Å². The van der Waals surface area contributed by atoms with Gasteiger partial charge >= 0.3 is 6.09 Å². The lowest BCUT2D eigenvalue weighted by atomic mass is 9.96. The molecule has 1 atom stereocenters. The Morgan fingerprint density at radius 2 is 1.88 bits per heavy atom. The second kappa shape index (κ2) is 12.3. The summed E-state index contributed by atoms with van der Waals surface area (Å²) >= 11 is 0. The fourth-order valence-corrected chi connectivity index (χ4v) is 4.34. The van der Waals surface area contributed by atoms with E-state index >= 15 is 0 Å². The van der Waals surface area contributed by atoms with Gasteiger partial charge in [0.25, 0.3) is 0 Å². The zero-order valence-corrected chi connectivity index (χ0v) is 21.5. The standard InChI is InChI=1S/C28H41N3O3/c1-22-19-24-14-15-25(29-26(24)31(20-22)27(32)34-28(2,3)4)13-9-10-16-30(17-18-33-5)21-23-11-7-6-8-12-23/h6-8,11-12,14-15,22H,9-10,13,16-21H2,1-5H3. The summed E-state index contributed by atoms with van der Waals surface area (Å²) in [5.41, 5.74) is 2.96. The first-order valence-corrected chi connectivity index (χ1v) is 12.5. The highest BCUT2D eigenvalue weighted by Gasteiger charge is 2.31. The number of amides is 1. The van der Waals surface area contributed by atoms with E-state index in [9.17, 15) is 4.79 Å². The van der Waals surface area contributed by atoms with Gasteiger partial charge in [-0.3, -0.25) is 9.80 Å². The largest absolute Gasteiger partial charge is 0.443 e. The van der Waals surface area contributed by atoms with Crippen LogP contribution in [0.1, 0.15) is 57.4 Å². The molecule has 0 spiro atoms. The van der Waals surface area contributed by atoms with E-state index in [1.165, 1.54) is 5.56 Å². The van der Waals surface area contributed by atoms with Crippen molar-refractivity contribution in [3.05, 3.63) is 59.3 Å². The molecule has 1 amide bonds. The summed E-state index contributed by atoms with van der Waals surface area (Å²) in [6.07, 6.45) is 3.67. The first kappa shape index (κ1) is 26.2. The molecule has 0 saturated heterocycles. The molecule has 0 N–H and O–H groups in total. The van der Waals surface area contributed by atoms with Crippen molar-refractivity contribution in [3.63, 3.8) is 0 Å². The summed E-state index contributed by atoms with van der Waals surface area (Å²) in [6, 6.07) is 14.9. The van der Waals surface area contributed by atoms with Gasteiger partial charge in [0, 0.05) is 32.4 Å². The molecular formula is C28H41N3O3. The number of unbranched alkanes of at least 4 members (excludes halogenated alkanes) is 1. The van der Waals surface area contributed by atoms with Crippen molar-refractivity contribution in [1.82, 2.24) is 9.88 Å². The van der Waals surface area contributed by atoms with Crippen LogP contribution >= 0.6 is 0 Å². The maximum absolute atomic E-state index is 12.9. The van der Waals surface area contributed by atoms with Crippen molar-refractivity contribution >= 4 is 11.9 Å². The molecule has 6 heteroatoms. The van der Waals surface area contributed by atoms with Gasteiger partial charge in [-0.25, -0.2) is 9.78 Å². The molecule has 1 unspecified atom stereocenters. The van der Waals surface area contributed by atoms with E-state index in [1.54, 1.807) is 12.0 Å². The number of benzene rings is 1. The predicted molar refractivity (Wildman–Crippen MR) is 137 cm³/mol. The second-order valence-electron chi connectivity index (χ2n) is 10.4. The number of pyridine rings is 1. The molecular weight excluding hydrogens is 426 g/mol. The summed E-state index contributed by atoms with van der Waals surface area (Å²) in [5.74, 6) is 1.16. The predicted octanol–water partition coefficient (Wildman–Crippen LogP) is 5.49. The zero-order valence-electron chi connectivity index (χ0n) is 21.5. The van der Waals surface area contributed by atoms with Crippen LogP contribution in [0.5, 0.6) is 0 Å². The average molecular weight is 468 g/mol. The molecule has 3 rings (SSSR count). The molecule has 186 valence electrons. The lowest BCUT2D eigenvalue weighted by molar-refractivity contribution is 0.0571. The minimum atomic E-state index is -0.524. The molecule has 1 aliphatic rings. The Kier molecular flexibility index (Phi) is 9.48. The average Bonchev–Trinajstić information content (AvgIpc) is 2.79.